The van der Waals surface area contributed by atoms with Crippen molar-refractivity contribution >= 4 is 11.8 Å². The maximum absolute atomic E-state index is 9.25. The molecule has 0 amide bonds. The highest BCUT2D eigenvalue weighted by atomic mass is 32.2. The number of hydrogen-bond donors (Lipinski definition) is 3. The summed E-state index contributed by atoms with van der Waals surface area (Å²) in [5, 5.41) is 18.0. The molecule has 5 heteroatoms. The second kappa shape index (κ2) is 7.63. The number of ether oxygens (including phenoxy) is 1. The zero-order chi connectivity index (χ0) is 13.5. The summed E-state index contributed by atoms with van der Waals surface area (Å²) in [6.45, 7) is 1.80. The highest BCUT2D eigenvalue weighted by Gasteiger charge is 2.13. The number of hydrogen-bond acceptors (Lipinski definition) is 5. The summed E-state index contributed by atoms with van der Waals surface area (Å²) in [4.78, 5) is 0. The van der Waals surface area contributed by atoms with Gasteiger partial charge in [0, 0.05) is 23.1 Å². The van der Waals surface area contributed by atoms with Crippen molar-refractivity contribution in [2.45, 2.75) is 19.1 Å². The van der Waals surface area contributed by atoms with Crippen LogP contribution in [0.2, 0.25) is 0 Å². The van der Waals surface area contributed by atoms with Crippen molar-refractivity contribution in [3.63, 3.8) is 0 Å². The Kier molecular flexibility index (Phi) is 6.49. The second-order valence-corrected chi connectivity index (χ2v) is 5.30. The van der Waals surface area contributed by atoms with Crippen molar-refractivity contribution in [2.24, 2.45) is 5.73 Å². The van der Waals surface area contributed by atoms with E-state index < -0.39 is 6.10 Å². The molecule has 0 aromatic heterocycles. The van der Waals surface area contributed by atoms with Crippen LogP contribution >= 0.6 is 11.8 Å². The van der Waals surface area contributed by atoms with Gasteiger partial charge in [-0.15, -0.1) is 0 Å². The summed E-state index contributed by atoms with van der Waals surface area (Å²) in [5.74, 6) is 1.95. The highest BCUT2D eigenvalue weighted by molar-refractivity contribution is 7.99. The van der Waals surface area contributed by atoms with Gasteiger partial charge in [0.05, 0.1) is 19.8 Å². The summed E-state index contributed by atoms with van der Waals surface area (Å²) in [6.07, 6.45) is -0.679. The fourth-order valence-corrected chi connectivity index (χ4v) is 2.56. The van der Waals surface area contributed by atoms with Crippen LogP contribution in [0.4, 0.5) is 0 Å². The van der Waals surface area contributed by atoms with Crippen LogP contribution < -0.4 is 10.5 Å². The summed E-state index contributed by atoms with van der Waals surface area (Å²) >= 11 is 1.52. The minimum Gasteiger partial charge on any atom is -0.496 e. The van der Waals surface area contributed by atoms with Crippen LogP contribution in [0.25, 0.3) is 0 Å². The van der Waals surface area contributed by atoms with Crippen molar-refractivity contribution in [1.82, 2.24) is 0 Å². The molecule has 0 fully saturated rings. The zero-order valence-corrected chi connectivity index (χ0v) is 11.6. The van der Waals surface area contributed by atoms with Crippen molar-refractivity contribution in [3.05, 3.63) is 29.3 Å². The number of aryl methyl sites for hydroxylation is 1. The average Bonchev–Trinajstić information content (AvgIpc) is 2.38. The minimum absolute atomic E-state index is 0.143. The molecule has 0 aliphatic heterocycles. The molecular formula is C13H21NO3S. The third-order valence-electron chi connectivity index (χ3n) is 2.60. The Hall–Kier alpha value is -0.750. The number of benzene rings is 1. The Morgan fingerprint density at radius 2 is 2.11 bits per heavy atom. The van der Waals surface area contributed by atoms with Gasteiger partial charge in [-0.1, -0.05) is 17.7 Å². The van der Waals surface area contributed by atoms with E-state index >= 15 is 0 Å². The summed E-state index contributed by atoms with van der Waals surface area (Å²) < 4.78 is 5.29. The number of nitrogens with two attached hydrogens (primary N) is 1. The Labute approximate surface area is 112 Å². The van der Waals surface area contributed by atoms with Gasteiger partial charge in [0.25, 0.3) is 0 Å². The first-order chi connectivity index (χ1) is 8.58. The van der Waals surface area contributed by atoms with E-state index in [-0.39, 0.29) is 12.6 Å². The van der Waals surface area contributed by atoms with Crippen LogP contribution in [-0.2, 0) is 0 Å². The van der Waals surface area contributed by atoms with E-state index in [1.807, 2.05) is 25.1 Å². The Morgan fingerprint density at radius 1 is 1.39 bits per heavy atom. The molecule has 0 heterocycles. The van der Waals surface area contributed by atoms with Gasteiger partial charge in [0.15, 0.2) is 0 Å². The normalized spacial score (nSPS) is 14.3. The van der Waals surface area contributed by atoms with E-state index in [1.54, 1.807) is 7.11 Å². The standard InChI is InChI=1S/C13H21NO3S/c1-9-3-4-13(17-2)11(5-9)12(14)8-18-7-10(16)6-15/h3-5,10,12,15-16H,6-8,14H2,1-2H3. The van der Waals surface area contributed by atoms with Crippen LogP contribution in [0.1, 0.15) is 17.2 Å². The fourth-order valence-electron chi connectivity index (χ4n) is 1.62. The maximum atomic E-state index is 9.25. The summed E-state index contributed by atoms with van der Waals surface area (Å²) in [7, 11) is 1.63. The Bertz CT molecular complexity index is 373. The van der Waals surface area contributed by atoms with Gasteiger partial charge in [-0.3, -0.25) is 0 Å². The highest BCUT2D eigenvalue weighted by Crippen LogP contribution is 2.27. The van der Waals surface area contributed by atoms with Gasteiger partial charge < -0.3 is 20.7 Å². The van der Waals surface area contributed by atoms with E-state index in [0.717, 1.165) is 16.9 Å². The minimum atomic E-state index is -0.679. The molecule has 0 saturated heterocycles. The number of aliphatic hydroxyl groups is 2. The number of aliphatic hydroxyl groups excluding tert-OH is 2. The van der Waals surface area contributed by atoms with Crippen LogP contribution in [-0.4, -0.2) is 41.5 Å². The molecule has 1 aromatic carbocycles. The van der Waals surface area contributed by atoms with Crippen molar-refractivity contribution in [3.8, 4) is 5.75 Å². The molecule has 1 rings (SSSR count). The zero-order valence-electron chi connectivity index (χ0n) is 10.8. The number of rotatable bonds is 7. The van der Waals surface area contributed by atoms with Crippen LogP contribution in [0.3, 0.4) is 0 Å². The van der Waals surface area contributed by atoms with Gasteiger partial charge in [-0.2, -0.15) is 11.8 Å². The Morgan fingerprint density at radius 3 is 2.72 bits per heavy atom. The first kappa shape index (κ1) is 15.3. The largest absolute Gasteiger partial charge is 0.496 e. The molecule has 102 valence electrons. The van der Waals surface area contributed by atoms with Gasteiger partial charge in [0.2, 0.25) is 0 Å². The van der Waals surface area contributed by atoms with Crippen molar-refractivity contribution < 1.29 is 14.9 Å². The molecule has 0 aliphatic rings. The quantitative estimate of drug-likeness (QED) is 0.692. The molecule has 0 bridgehead atoms. The average molecular weight is 271 g/mol. The van der Waals surface area contributed by atoms with E-state index in [0.29, 0.717) is 11.5 Å². The summed E-state index contributed by atoms with van der Waals surface area (Å²) in [6, 6.07) is 5.78. The van der Waals surface area contributed by atoms with Gasteiger partial charge in [-0.25, -0.2) is 0 Å². The fraction of sp³-hybridized carbons (Fsp3) is 0.538. The molecule has 0 radical (unpaired) electrons. The van der Waals surface area contributed by atoms with E-state index in [2.05, 4.69) is 0 Å². The molecule has 4 nitrogen and oxygen atoms in total. The molecule has 1 aromatic rings. The van der Waals surface area contributed by atoms with Crippen molar-refractivity contribution in [2.75, 3.05) is 25.2 Å². The molecule has 0 saturated carbocycles. The molecule has 18 heavy (non-hydrogen) atoms. The van der Waals surface area contributed by atoms with E-state index in [9.17, 15) is 5.11 Å². The first-order valence-electron chi connectivity index (χ1n) is 5.85. The van der Waals surface area contributed by atoms with Crippen LogP contribution in [0, 0.1) is 6.92 Å². The number of thioether (sulfide) groups is 1. The first-order valence-corrected chi connectivity index (χ1v) is 7.00. The lowest BCUT2D eigenvalue weighted by molar-refractivity contribution is 0.113. The lowest BCUT2D eigenvalue weighted by atomic mass is 10.1. The van der Waals surface area contributed by atoms with Gasteiger partial charge >= 0.3 is 0 Å². The maximum Gasteiger partial charge on any atom is 0.123 e. The van der Waals surface area contributed by atoms with Crippen molar-refractivity contribution in [1.29, 1.82) is 0 Å². The Balaban J connectivity index is 2.60. The second-order valence-electron chi connectivity index (χ2n) is 4.23. The molecular weight excluding hydrogens is 250 g/mol. The smallest absolute Gasteiger partial charge is 0.123 e. The number of methoxy groups -OCH3 is 1. The molecule has 0 aliphatic carbocycles. The third-order valence-corrected chi connectivity index (χ3v) is 3.82. The summed E-state index contributed by atoms with van der Waals surface area (Å²) in [5.41, 5.74) is 8.24. The lowest BCUT2D eigenvalue weighted by Gasteiger charge is -2.16. The predicted molar refractivity (Wildman–Crippen MR) is 75.1 cm³/mol. The van der Waals surface area contributed by atoms with E-state index in [1.165, 1.54) is 11.8 Å². The van der Waals surface area contributed by atoms with E-state index in [4.69, 9.17) is 15.6 Å². The lowest BCUT2D eigenvalue weighted by Crippen LogP contribution is -2.19. The molecule has 2 unspecified atom stereocenters. The third kappa shape index (κ3) is 4.49. The van der Waals surface area contributed by atoms with Gasteiger partial charge in [0.1, 0.15) is 5.75 Å². The molecule has 2 atom stereocenters. The molecule has 4 N–H and O–H groups in total. The topological polar surface area (TPSA) is 75.7 Å². The predicted octanol–water partition coefficient (Wildman–Crippen LogP) is 1.09. The SMILES string of the molecule is COc1ccc(C)cc1C(N)CSCC(O)CO. The van der Waals surface area contributed by atoms with Crippen LogP contribution in [0.5, 0.6) is 5.75 Å². The van der Waals surface area contributed by atoms with Crippen LogP contribution in [0.15, 0.2) is 18.2 Å². The molecule has 0 spiro atoms. The van der Waals surface area contributed by atoms with Gasteiger partial charge in [-0.05, 0) is 13.0 Å². The monoisotopic (exact) mass is 271 g/mol.